The highest BCUT2D eigenvalue weighted by Gasteiger charge is 2.55. The first-order valence-electron chi connectivity index (χ1n) is 5.70. The van der Waals surface area contributed by atoms with Gasteiger partial charge in [0.15, 0.2) is 0 Å². The van der Waals surface area contributed by atoms with Crippen LogP contribution in [0.25, 0.3) is 0 Å². The molecule has 2 heterocycles. The Bertz CT molecular complexity index is 450. The molecule has 3 unspecified atom stereocenters. The van der Waals surface area contributed by atoms with Crippen LogP contribution in [0.3, 0.4) is 0 Å². The Morgan fingerprint density at radius 1 is 1.29 bits per heavy atom. The number of nitrogens with zero attached hydrogens (tertiary/aromatic N) is 2. The molecular formula is C9H14N2O5S. The van der Waals surface area contributed by atoms with Crippen molar-refractivity contribution in [1.82, 2.24) is 9.21 Å². The lowest BCUT2D eigenvalue weighted by atomic mass is 9.85. The van der Waals surface area contributed by atoms with Crippen molar-refractivity contribution in [3.05, 3.63) is 0 Å². The van der Waals surface area contributed by atoms with E-state index in [1.54, 1.807) is 0 Å². The van der Waals surface area contributed by atoms with Crippen LogP contribution in [0, 0.1) is 0 Å². The molecular weight excluding hydrogens is 248 g/mol. The second-order valence-electron chi connectivity index (χ2n) is 4.67. The lowest BCUT2D eigenvalue weighted by Gasteiger charge is -2.44. The van der Waals surface area contributed by atoms with Crippen molar-refractivity contribution >= 4 is 16.4 Å². The van der Waals surface area contributed by atoms with Crippen LogP contribution in [0.5, 0.6) is 0 Å². The molecule has 8 heteroatoms. The highest BCUT2D eigenvalue weighted by atomic mass is 32.2. The van der Waals surface area contributed by atoms with Crippen molar-refractivity contribution < 1.29 is 22.5 Å². The normalized spacial score (nSPS) is 40.0. The summed E-state index contributed by atoms with van der Waals surface area (Å²) in [6.07, 6.45) is 0.854. The van der Waals surface area contributed by atoms with Crippen molar-refractivity contribution in [1.29, 1.82) is 0 Å². The SMILES string of the molecule is O=C(O)N1CCN2C3C(CCCC31)OS2(=O)=O. The van der Waals surface area contributed by atoms with E-state index in [2.05, 4.69) is 0 Å². The summed E-state index contributed by atoms with van der Waals surface area (Å²) in [4.78, 5) is 12.5. The monoisotopic (exact) mass is 262 g/mol. The predicted octanol–water partition coefficient (Wildman–Crippen LogP) is -0.153. The van der Waals surface area contributed by atoms with Crippen LogP contribution in [0.4, 0.5) is 4.79 Å². The molecule has 3 aliphatic rings. The first kappa shape index (κ1) is 11.2. The van der Waals surface area contributed by atoms with Crippen LogP contribution in [-0.4, -0.2) is 60.1 Å². The van der Waals surface area contributed by atoms with Crippen LogP contribution in [0.2, 0.25) is 0 Å². The molecule has 1 aliphatic carbocycles. The van der Waals surface area contributed by atoms with Gasteiger partial charge in [0.2, 0.25) is 0 Å². The van der Waals surface area contributed by atoms with Gasteiger partial charge in [-0.25, -0.2) is 4.79 Å². The molecule has 3 rings (SSSR count). The number of hydrogen-bond donors (Lipinski definition) is 1. The topological polar surface area (TPSA) is 87.2 Å². The van der Waals surface area contributed by atoms with Crippen molar-refractivity contribution in [3.63, 3.8) is 0 Å². The quantitative estimate of drug-likeness (QED) is 0.656. The summed E-state index contributed by atoms with van der Waals surface area (Å²) in [5, 5.41) is 9.12. The first-order chi connectivity index (χ1) is 8.00. The molecule has 0 bridgehead atoms. The minimum absolute atomic E-state index is 0.201. The third kappa shape index (κ3) is 1.54. The second kappa shape index (κ2) is 3.56. The number of hydrogen-bond acceptors (Lipinski definition) is 4. The fourth-order valence-corrected chi connectivity index (χ4v) is 4.68. The summed E-state index contributed by atoms with van der Waals surface area (Å²) < 4.78 is 29.9. The number of carbonyl (C=O) groups is 1. The molecule has 1 amide bonds. The Hall–Kier alpha value is -0.860. The maximum Gasteiger partial charge on any atom is 0.407 e. The lowest BCUT2D eigenvalue weighted by Crippen LogP contribution is -2.62. The van der Waals surface area contributed by atoms with Crippen LogP contribution >= 0.6 is 0 Å². The third-order valence-corrected chi connectivity index (χ3v) is 5.33. The maximum absolute atomic E-state index is 11.8. The van der Waals surface area contributed by atoms with Gasteiger partial charge >= 0.3 is 16.4 Å². The van der Waals surface area contributed by atoms with Crippen LogP contribution < -0.4 is 0 Å². The highest BCUT2D eigenvalue weighted by molar-refractivity contribution is 7.84. The number of amides is 1. The molecule has 2 aliphatic heterocycles. The van der Waals surface area contributed by atoms with Gasteiger partial charge in [-0.2, -0.15) is 12.7 Å². The van der Waals surface area contributed by atoms with E-state index in [-0.39, 0.29) is 31.3 Å². The van der Waals surface area contributed by atoms with Gasteiger partial charge in [-0.3, -0.25) is 4.18 Å². The Morgan fingerprint density at radius 3 is 2.76 bits per heavy atom. The molecule has 2 saturated heterocycles. The van der Waals surface area contributed by atoms with E-state index in [4.69, 9.17) is 9.29 Å². The first-order valence-corrected chi connectivity index (χ1v) is 7.07. The zero-order chi connectivity index (χ0) is 12.2. The van der Waals surface area contributed by atoms with Crippen molar-refractivity contribution in [2.24, 2.45) is 0 Å². The van der Waals surface area contributed by atoms with Crippen molar-refractivity contribution in [2.45, 2.75) is 37.5 Å². The largest absolute Gasteiger partial charge is 0.465 e. The van der Waals surface area contributed by atoms with E-state index < -0.39 is 16.4 Å². The summed E-state index contributed by atoms with van der Waals surface area (Å²) in [6.45, 7) is 0.429. The van der Waals surface area contributed by atoms with Gasteiger partial charge in [-0.1, -0.05) is 0 Å². The molecule has 1 N–H and O–H groups in total. The van der Waals surface area contributed by atoms with E-state index in [0.717, 1.165) is 6.42 Å². The number of carboxylic acid groups (broad SMARTS) is 1. The van der Waals surface area contributed by atoms with E-state index in [1.165, 1.54) is 9.21 Å². The van der Waals surface area contributed by atoms with Crippen molar-refractivity contribution in [2.75, 3.05) is 13.1 Å². The number of rotatable bonds is 0. The van der Waals surface area contributed by atoms with Crippen LogP contribution in [0.1, 0.15) is 19.3 Å². The Morgan fingerprint density at radius 2 is 2.06 bits per heavy atom. The molecule has 3 fully saturated rings. The zero-order valence-corrected chi connectivity index (χ0v) is 9.97. The van der Waals surface area contributed by atoms with Gasteiger partial charge < -0.3 is 10.0 Å². The van der Waals surface area contributed by atoms with Gasteiger partial charge in [-0.05, 0) is 19.3 Å². The Balaban J connectivity index is 1.97. The van der Waals surface area contributed by atoms with Gasteiger partial charge in [0, 0.05) is 13.1 Å². The molecule has 0 spiro atoms. The van der Waals surface area contributed by atoms with Crippen molar-refractivity contribution in [3.8, 4) is 0 Å². The Labute approximate surface area is 99.2 Å². The molecule has 0 aromatic heterocycles. The summed E-state index contributed by atoms with van der Waals surface area (Å²) in [7, 11) is -3.64. The molecule has 1 saturated carbocycles. The summed E-state index contributed by atoms with van der Waals surface area (Å²) in [5.41, 5.74) is 0. The third-order valence-electron chi connectivity index (χ3n) is 3.84. The zero-order valence-electron chi connectivity index (χ0n) is 9.15. The van der Waals surface area contributed by atoms with Gasteiger partial charge in [-0.15, -0.1) is 0 Å². The maximum atomic E-state index is 11.8. The average Bonchev–Trinajstić information content (AvgIpc) is 2.52. The van der Waals surface area contributed by atoms with Gasteiger partial charge in [0.1, 0.15) is 0 Å². The average molecular weight is 262 g/mol. The summed E-state index contributed by atoms with van der Waals surface area (Å²) in [6, 6.07) is -0.573. The Kier molecular flexibility index (Phi) is 2.36. The van der Waals surface area contributed by atoms with Gasteiger partial charge in [0.05, 0.1) is 18.2 Å². The highest BCUT2D eigenvalue weighted by Crippen LogP contribution is 2.39. The summed E-state index contributed by atoms with van der Waals surface area (Å²) in [5.74, 6) is 0. The standard InChI is InChI=1S/C9H14N2O5S/c12-9(13)10-4-5-11-8-6(10)2-1-3-7(8)16-17(11,14)15/h6-8H,1-5H2,(H,12,13). The fraction of sp³-hybridized carbons (Fsp3) is 0.889. The molecule has 7 nitrogen and oxygen atoms in total. The smallest absolute Gasteiger partial charge is 0.407 e. The van der Waals surface area contributed by atoms with E-state index in [0.29, 0.717) is 12.8 Å². The molecule has 3 atom stereocenters. The molecule has 0 aromatic rings. The van der Waals surface area contributed by atoms with Gasteiger partial charge in [0.25, 0.3) is 0 Å². The molecule has 0 radical (unpaired) electrons. The minimum atomic E-state index is -3.64. The minimum Gasteiger partial charge on any atom is -0.465 e. The molecule has 0 aromatic carbocycles. The predicted molar refractivity (Wildman–Crippen MR) is 56.7 cm³/mol. The summed E-state index contributed by atoms with van der Waals surface area (Å²) >= 11 is 0. The molecule has 17 heavy (non-hydrogen) atoms. The molecule has 96 valence electrons. The van der Waals surface area contributed by atoms with E-state index >= 15 is 0 Å². The van der Waals surface area contributed by atoms with E-state index in [9.17, 15) is 13.2 Å². The fourth-order valence-electron chi connectivity index (χ4n) is 3.17. The second-order valence-corrected chi connectivity index (χ2v) is 6.18. The van der Waals surface area contributed by atoms with Crippen LogP contribution in [0.15, 0.2) is 0 Å². The number of piperazine rings is 1. The lowest BCUT2D eigenvalue weighted by molar-refractivity contribution is 0.0187. The van der Waals surface area contributed by atoms with E-state index in [1.807, 2.05) is 0 Å². The van der Waals surface area contributed by atoms with Crippen LogP contribution in [-0.2, 0) is 14.5 Å².